The Bertz CT molecular complexity index is 1880. The van der Waals surface area contributed by atoms with Crippen molar-refractivity contribution in [3.63, 3.8) is 0 Å². The first-order valence-electron chi connectivity index (χ1n) is 15.8. The number of carbonyl (C=O) groups is 2. The zero-order valence-corrected chi connectivity index (χ0v) is 28.5. The topological polar surface area (TPSA) is 96.5 Å². The second-order valence-electron chi connectivity index (χ2n) is 12.4. The predicted molar refractivity (Wildman–Crippen MR) is 169 cm³/mol. The van der Waals surface area contributed by atoms with Gasteiger partial charge in [0.15, 0.2) is 9.84 Å². The van der Waals surface area contributed by atoms with E-state index in [1.807, 2.05) is 0 Å². The lowest BCUT2D eigenvalue weighted by molar-refractivity contribution is -0.392. The molecule has 2 saturated heterocycles. The smallest absolute Gasteiger partial charge is 0.430 e. The predicted octanol–water partition coefficient (Wildman–Crippen LogP) is 6.17. The van der Waals surface area contributed by atoms with Crippen molar-refractivity contribution in [1.82, 2.24) is 14.7 Å². The molecule has 2 aliphatic heterocycles. The van der Waals surface area contributed by atoms with E-state index in [1.165, 1.54) is 21.6 Å². The van der Waals surface area contributed by atoms with Crippen LogP contribution in [0.4, 0.5) is 39.9 Å². The third kappa shape index (κ3) is 6.89. The summed E-state index contributed by atoms with van der Waals surface area (Å²) in [5, 5.41) is 0. The van der Waals surface area contributed by atoms with Gasteiger partial charge in [0, 0.05) is 57.3 Å². The second kappa shape index (κ2) is 14.2. The summed E-state index contributed by atoms with van der Waals surface area (Å²) in [7, 11) is -3.53. The lowest BCUT2D eigenvalue weighted by Gasteiger charge is -2.38. The highest BCUT2D eigenvalue weighted by Crippen LogP contribution is 2.54. The number of hydrogen-bond acceptors (Lipinski definition) is 6. The van der Waals surface area contributed by atoms with E-state index >= 15 is 0 Å². The molecule has 1 unspecified atom stereocenters. The van der Waals surface area contributed by atoms with Crippen LogP contribution in [-0.2, 0) is 36.3 Å². The van der Waals surface area contributed by atoms with Crippen LogP contribution >= 0.6 is 0 Å². The number of piperazine rings is 1. The van der Waals surface area contributed by atoms with Gasteiger partial charge in [-0.2, -0.15) is 26.3 Å². The first-order chi connectivity index (χ1) is 24.3. The number of nitrogens with zero attached hydrogens (tertiary/aromatic N) is 3. The molecule has 2 fully saturated rings. The summed E-state index contributed by atoms with van der Waals surface area (Å²) in [6.45, 7) is 0.00705. The van der Waals surface area contributed by atoms with E-state index in [4.69, 9.17) is 4.74 Å². The van der Waals surface area contributed by atoms with Crippen LogP contribution in [0.2, 0.25) is 0 Å². The van der Waals surface area contributed by atoms with E-state index in [-0.39, 0.29) is 56.4 Å². The lowest BCUT2D eigenvalue weighted by Crippen LogP contribution is -2.56. The number of likely N-dealkylation sites (tertiary alicyclic amines) is 1. The van der Waals surface area contributed by atoms with E-state index in [1.54, 1.807) is 0 Å². The maximum Gasteiger partial charge on any atom is 0.430 e. The first-order valence-corrected chi connectivity index (χ1v) is 17.3. The molecule has 9 nitrogen and oxygen atoms in total. The van der Waals surface area contributed by atoms with Crippen molar-refractivity contribution >= 4 is 21.8 Å². The SMILES string of the molecule is COc1ccc(F)cc1COC(c1ccc(C2(S(=O)(=O)c3ccc(F)cc3)CCN(C(=O)N3CCN(C(C)=O)CC3)C2)cc1)(C(F)(F)F)C(F)(F)F. The fraction of sp³-hybridized carbons (Fsp3) is 0.412. The second-order valence-corrected chi connectivity index (χ2v) is 14.7. The molecule has 0 aromatic heterocycles. The van der Waals surface area contributed by atoms with Gasteiger partial charge in [0.2, 0.25) is 5.91 Å². The van der Waals surface area contributed by atoms with Crippen LogP contribution in [-0.4, -0.2) is 93.8 Å². The Hall–Kier alpha value is -4.45. The number of amides is 3. The largest absolute Gasteiger partial charge is 0.496 e. The maximum atomic E-state index is 14.7. The lowest BCUT2D eigenvalue weighted by atomic mass is 9.88. The molecule has 5 rings (SSSR count). The van der Waals surface area contributed by atoms with Crippen LogP contribution in [0.5, 0.6) is 5.75 Å². The van der Waals surface area contributed by atoms with Crippen molar-refractivity contribution in [2.45, 2.75) is 47.5 Å². The number of alkyl halides is 6. The molecule has 3 amide bonds. The highest BCUT2D eigenvalue weighted by Gasteiger charge is 2.73. The third-order valence-electron chi connectivity index (χ3n) is 9.44. The Balaban J connectivity index is 1.56. The molecule has 3 aromatic rings. The van der Waals surface area contributed by atoms with Gasteiger partial charge in [0.1, 0.15) is 22.1 Å². The molecule has 2 aliphatic rings. The molecule has 0 aliphatic carbocycles. The van der Waals surface area contributed by atoms with E-state index in [2.05, 4.69) is 4.74 Å². The van der Waals surface area contributed by atoms with Crippen molar-refractivity contribution in [3.8, 4) is 5.75 Å². The maximum absolute atomic E-state index is 14.7. The average Bonchev–Trinajstić information content (AvgIpc) is 3.55. The summed E-state index contributed by atoms with van der Waals surface area (Å²) >= 11 is 0. The zero-order valence-electron chi connectivity index (χ0n) is 27.7. The monoisotopic (exact) mass is 763 g/mol. The molecule has 0 saturated carbocycles. The normalized spacial score (nSPS) is 18.8. The summed E-state index contributed by atoms with van der Waals surface area (Å²) in [6.07, 6.45) is -12.6. The van der Waals surface area contributed by atoms with Crippen LogP contribution < -0.4 is 4.74 Å². The minimum atomic E-state index is -6.13. The van der Waals surface area contributed by atoms with Crippen LogP contribution in [0.25, 0.3) is 0 Å². The van der Waals surface area contributed by atoms with Gasteiger partial charge in [-0.05, 0) is 54.4 Å². The highest BCUT2D eigenvalue weighted by atomic mass is 32.2. The summed E-state index contributed by atoms with van der Waals surface area (Å²) < 4.78 is 152. The van der Waals surface area contributed by atoms with Crippen molar-refractivity contribution < 1.29 is 62.6 Å². The fourth-order valence-electron chi connectivity index (χ4n) is 6.60. The minimum Gasteiger partial charge on any atom is -0.496 e. The molecule has 282 valence electrons. The van der Waals surface area contributed by atoms with Gasteiger partial charge < -0.3 is 24.2 Å². The van der Waals surface area contributed by atoms with E-state index in [9.17, 15) is 53.1 Å². The van der Waals surface area contributed by atoms with E-state index < -0.39 is 79.4 Å². The number of hydrogen-bond donors (Lipinski definition) is 0. The number of carbonyl (C=O) groups excluding carboxylic acids is 2. The Morgan fingerprint density at radius 3 is 1.87 bits per heavy atom. The zero-order chi connectivity index (χ0) is 38.3. The molecule has 0 spiro atoms. The average molecular weight is 764 g/mol. The molecule has 52 heavy (non-hydrogen) atoms. The minimum absolute atomic E-state index is 0.139. The number of halogens is 8. The summed E-state index contributed by atoms with van der Waals surface area (Å²) in [5.41, 5.74) is -7.09. The Labute approximate surface area is 293 Å². The number of ether oxygens (including phenoxy) is 2. The Morgan fingerprint density at radius 2 is 1.33 bits per heavy atom. The molecule has 0 radical (unpaired) electrons. The van der Waals surface area contributed by atoms with Crippen LogP contribution in [0.15, 0.2) is 71.6 Å². The fourth-order valence-corrected chi connectivity index (χ4v) is 8.67. The van der Waals surface area contributed by atoms with Crippen LogP contribution in [0, 0.1) is 11.6 Å². The van der Waals surface area contributed by atoms with Gasteiger partial charge in [-0.3, -0.25) is 4.79 Å². The summed E-state index contributed by atoms with van der Waals surface area (Å²) in [5.74, 6) is -2.16. The first kappa shape index (κ1) is 38.8. The van der Waals surface area contributed by atoms with Crippen LogP contribution in [0.1, 0.15) is 30.0 Å². The number of urea groups is 1. The third-order valence-corrected chi connectivity index (χ3v) is 11.9. The summed E-state index contributed by atoms with van der Waals surface area (Å²) in [6, 6.07) is 8.19. The quantitative estimate of drug-likeness (QED) is 0.201. The van der Waals surface area contributed by atoms with E-state index in [0.29, 0.717) is 18.2 Å². The molecular weight excluding hydrogens is 730 g/mol. The van der Waals surface area contributed by atoms with Gasteiger partial charge in [-0.15, -0.1) is 0 Å². The standard InChI is InChI=1S/C34H33F8N3O6S/c1-22(46)43-15-17-44(18-16-43)30(47)45-14-13-31(21-45,52(48,49)28-10-7-26(35)8-11-28)24-3-5-25(6-4-24)32(33(37,38)39,34(40,41)42)51-20-23-19-27(36)9-12-29(23)50-2/h3-12,19H,13-18,20-21H2,1-2H3. The van der Waals surface area contributed by atoms with E-state index in [0.717, 1.165) is 55.6 Å². The van der Waals surface area contributed by atoms with Gasteiger partial charge in [-0.1, -0.05) is 24.3 Å². The molecule has 3 aromatic carbocycles. The molecule has 0 N–H and O–H groups in total. The highest BCUT2D eigenvalue weighted by molar-refractivity contribution is 7.92. The van der Waals surface area contributed by atoms with Crippen molar-refractivity contribution in [2.75, 3.05) is 46.4 Å². The Morgan fingerprint density at radius 1 is 0.769 bits per heavy atom. The molecule has 0 bridgehead atoms. The van der Waals surface area contributed by atoms with Crippen molar-refractivity contribution in [1.29, 1.82) is 0 Å². The van der Waals surface area contributed by atoms with Crippen LogP contribution in [0.3, 0.4) is 0 Å². The number of benzene rings is 3. The Kier molecular flexibility index (Phi) is 10.6. The van der Waals surface area contributed by atoms with Gasteiger partial charge >= 0.3 is 18.4 Å². The number of rotatable bonds is 8. The van der Waals surface area contributed by atoms with Gasteiger partial charge in [0.25, 0.3) is 5.60 Å². The van der Waals surface area contributed by atoms with Crippen molar-refractivity contribution in [3.05, 3.63) is 95.1 Å². The van der Waals surface area contributed by atoms with Gasteiger partial charge in [0.05, 0.1) is 18.6 Å². The number of sulfone groups is 1. The summed E-state index contributed by atoms with van der Waals surface area (Å²) in [4.78, 5) is 29.1. The molecule has 18 heteroatoms. The molecular formula is C34H33F8N3O6S. The number of methoxy groups -OCH3 is 1. The molecule has 1 atom stereocenters. The molecule has 2 heterocycles. The van der Waals surface area contributed by atoms with Gasteiger partial charge in [-0.25, -0.2) is 22.0 Å². The van der Waals surface area contributed by atoms with Crippen molar-refractivity contribution in [2.24, 2.45) is 0 Å².